The predicted molar refractivity (Wildman–Crippen MR) is 58.3 cm³/mol. The van der Waals surface area contributed by atoms with E-state index in [2.05, 4.69) is 17.4 Å². The third-order valence-electron chi connectivity index (χ3n) is 2.21. The molecule has 0 aliphatic heterocycles. The molecule has 1 aromatic rings. The van der Waals surface area contributed by atoms with Crippen LogP contribution in [0.5, 0.6) is 0 Å². The topological polar surface area (TPSA) is 12.0 Å². The first-order chi connectivity index (χ1) is 7.29. The highest BCUT2D eigenvalue weighted by Crippen LogP contribution is 2.03. The maximum absolute atomic E-state index is 11.7. The Kier molecular flexibility index (Phi) is 5.93. The molecule has 0 aromatic heterocycles. The number of hydrogen-bond donors (Lipinski definition) is 1. The largest absolute Gasteiger partial charge is 0.311 e. The van der Waals surface area contributed by atoms with Crippen molar-refractivity contribution in [3.8, 4) is 0 Å². The van der Waals surface area contributed by atoms with Crippen LogP contribution in [0.4, 0.5) is 8.78 Å². The summed E-state index contributed by atoms with van der Waals surface area (Å²) in [4.78, 5) is 0. The smallest absolute Gasteiger partial charge is 0.250 e. The highest BCUT2D eigenvalue weighted by Gasteiger charge is 1.99. The van der Waals surface area contributed by atoms with E-state index in [1.807, 2.05) is 18.2 Å². The van der Waals surface area contributed by atoms with Gasteiger partial charge >= 0.3 is 0 Å². The van der Waals surface area contributed by atoms with Crippen molar-refractivity contribution >= 4 is 0 Å². The fraction of sp³-hybridized carbons (Fsp3) is 0.500. The number of nitrogens with one attached hydrogen (secondary N) is 1. The lowest BCUT2D eigenvalue weighted by Gasteiger charge is -2.03. The van der Waals surface area contributed by atoms with Crippen molar-refractivity contribution in [2.24, 2.45) is 0 Å². The molecule has 0 saturated carbocycles. The van der Waals surface area contributed by atoms with E-state index >= 15 is 0 Å². The van der Waals surface area contributed by atoms with Gasteiger partial charge in [0, 0.05) is 0 Å². The van der Waals surface area contributed by atoms with Crippen LogP contribution in [0.25, 0.3) is 0 Å². The number of hydrogen-bond acceptors (Lipinski definition) is 1. The molecule has 0 unspecified atom stereocenters. The van der Waals surface area contributed by atoms with Crippen molar-refractivity contribution in [2.45, 2.75) is 25.7 Å². The van der Waals surface area contributed by atoms with Gasteiger partial charge in [0.05, 0.1) is 6.54 Å². The van der Waals surface area contributed by atoms with Crippen LogP contribution in [0.15, 0.2) is 30.3 Å². The first kappa shape index (κ1) is 12.1. The second kappa shape index (κ2) is 7.35. The maximum atomic E-state index is 11.7. The van der Waals surface area contributed by atoms with Gasteiger partial charge in [0.15, 0.2) is 0 Å². The molecule has 0 spiro atoms. The minimum Gasteiger partial charge on any atom is -0.311 e. The zero-order valence-corrected chi connectivity index (χ0v) is 8.76. The zero-order valence-electron chi connectivity index (χ0n) is 8.76. The summed E-state index contributed by atoms with van der Waals surface area (Å²) in [6.07, 6.45) is 0.776. The van der Waals surface area contributed by atoms with Gasteiger partial charge < -0.3 is 5.32 Å². The Morgan fingerprint density at radius 1 is 1.07 bits per heavy atom. The molecule has 84 valence electrons. The molecule has 0 heterocycles. The van der Waals surface area contributed by atoms with Gasteiger partial charge in [-0.15, -0.1) is 0 Å². The quantitative estimate of drug-likeness (QED) is 0.687. The summed E-state index contributed by atoms with van der Waals surface area (Å²) in [7, 11) is 0. The number of alkyl halides is 2. The van der Waals surface area contributed by atoms with E-state index < -0.39 is 6.43 Å². The number of halogens is 2. The molecule has 0 bridgehead atoms. The van der Waals surface area contributed by atoms with Crippen molar-refractivity contribution in [2.75, 3.05) is 13.1 Å². The first-order valence-corrected chi connectivity index (χ1v) is 5.32. The van der Waals surface area contributed by atoms with Gasteiger partial charge in [-0.2, -0.15) is 0 Å². The van der Waals surface area contributed by atoms with Crippen LogP contribution in [0.2, 0.25) is 0 Å². The molecule has 0 atom stereocenters. The summed E-state index contributed by atoms with van der Waals surface area (Å²) >= 11 is 0. The van der Waals surface area contributed by atoms with Crippen LogP contribution >= 0.6 is 0 Å². The van der Waals surface area contributed by atoms with Crippen LogP contribution in [0.3, 0.4) is 0 Å². The minimum atomic E-state index is -2.24. The van der Waals surface area contributed by atoms with E-state index in [4.69, 9.17) is 0 Å². The summed E-state index contributed by atoms with van der Waals surface area (Å²) in [6.45, 7) is 0.489. The summed E-state index contributed by atoms with van der Waals surface area (Å²) < 4.78 is 23.5. The molecule has 1 N–H and O–H groups in total. The van der Waals surface area contributed by atoms with E-state index in [1.54, 1.807) is 0 Å². The number of benzene rings is 1. The monoisotopic (exact) mass is 213 g/mol. The summed E-state index contributed by atoms with van der Waals surface area (Å²) in [5.41, 5.74) is 1.31. The van der Waals surface area contributed by atoms with Gasteiger partial charge in [-0.05, 0) is 31.4 Å². The summed E-state index contributed by atoms with van der Waals surface area (Å²) in [5, 5.41) is 2.72. The first-order valence-electron chi connectivity index (χ1n) is 5.32. The van der Waals surface area contributed by atoms with Gasteiger partial charge in [0.25, 0.3) is 6.43 Å². The van der Waals surface area contributed by atoms with Gasteiger partial charge in [-0.1, -0.05) is 30.3 Å². The minimum absolute atomic E-state index is 0.189. The molecular weight excluding hydrogens is 196 g/mol. The Labute approximate surface area is 89.5 Å². The lowest BCUT2D eigenvalue weighted by molar-refractivity contribution is 0.146. The number of aryl methyl sites for hydroxylation is 1. The molecule has 0 saturated heterocycles. The van der Waals surface area contributed by atoms with Gasteiger partial charge in [-0.25, -0.2) is 8.78 Å². The Hall–Kier alpha value is -0.960. The lowest BCUT2D eigenvalue weighted by atomic mass is 10.1. The third-order valence-corrected chi connectivity index (χ3v) is 2.21. The Morgan fingerprint density at radius 2 is 1.80 bits per heavy atom. The average molecular weight is 213 g/mol. The van der Waals surface area contributed by atoms with Crippen LogP contribution < -0.4 is 5.32 Å². The molecule has 1 nitrogen and oxygen atoms in total. The molecule has 0 fully saturated rings. The fourth-order valence-corrected chi connectivity index (χ4v) is 1.43. The molecule has 1 aromatic carbocycles. The van der Waals surface area contributed by atoms with Crippen LogP contribution in [-0.4, -0.2) is 19.5 Å². The summed E-state index contributed by atoms with van der Waals surface area (Å²) in [6, 6.07) is 10.2. The predicted octanol–water partition coefficient (Wildman–Crippen LogP) is 2.86. The molecule has 1 rings (SSSR count). The van der Waals surface area contributed by atoms with E-state index in [1.165, 1.54) is 5.56 Å². The van der Waals surface area contributed by atoms with Gasteiger partial charge in [-0.3, -0.25) is 0 Å². The lowest BCUT2D eigenvalue weighted by Crippen LogP contribution is -2.22. The highest BCUT2D eigenvalue weighted by molar-refractivity contribution is 5.14. The Morgan fingerprint density at radius 3 is 2.47 bits per heavy atom. The van der Waals surface area contributed by atoms with Crippen molar-refractivity contribution < 1.29 is 8.78 Å². The highest BCUT2D eigenvalue weighted by atomic mass is 19.3. The zero-order chi connectivity index (χ0) is 10.9. The van der Waals surface area contributed by atoms with Crippen molar-refractivity contribution in [1.29, 1.82) is 0 Å². The molecule has 0 amide bonds. The Bertz CT molecular complexity index is 249. The molecule has 0 radical (unpaired) electrons. The Balaban J connectivity index is 1.98. The van der Waals surface area contributed by atoms with Crippen molar-refractivity contribution in [3.63, 3.8) is 0 Å². The van der Waals surface area contributed by atoms with Crippen molar-refractivity contribution in [1.82, 2.24) is 5.32 Å². The SMILES string of the molecule is FC(F)CNCCCCc1ccccc1. The van der Waals surface area contributed by atoms with E-state index in [0.29, 0.717) is 6.54 Å². The number of rotatable bonds is 7. The molecule has 0 aliphatic rings. The molecule has 15 heavy (non-hydrogen) atoms. The summed E-state index contributed by atoms with van der Waals surface area (Å²) in [5.74, 6) is 0. The van der Waals surface area contributed by atoms with E-state index in [-0.39, 0.29) is 6.54 Å². The van der Waals surface area contributed by atoms with Gasteiger partial charge in [0.1, 0.15) is 0 Å². The van der Waals surface area contributed by atoms with Crippen molar-refractivity contribution in [3.05, 3.63) is 35.9 Å². The van der Waals surface area contributed by atoms with Crippen LogP contribution in [0.1, 0.15) is 18.4 Å². The van der Waals surface area contributed by atoms with Crippen LogP contribution in [-0.2, 0) is 6.42 Å². The van der Waals surface area contributed by atoms with Crippen LogP contribution in [0, 0.1) is 0 Å². The standard InChI is InChI=1S/C12H17F2N/c13-12(14)10-15-9-5-4-8-11-6-2-1-3-7-11/h1-3,6-7,12,15H,4-5,8-10H2. The average Bonchev–Trinajstić information content (AvgIpc) is 2.24. The van der Waals surface area contributed by atoms with E-state index in [9.17, 15) is 8.78 Å². The second-order valence-corrected chi connectivity index (χ2v) is 3.54. The van der Waals surface area contributed by atoms with E-state index in [0.717, 1.165) is 19.3 Å². The van der Waals surface area contributed by atoms with Gasteiger partial charge in [0.2, 0.25) is 0 Å². The molecule has 3 heteroatoms. The molecular formula is C12H17F2N. The molecule has 0 aliphatic carbocycles. The normalized spacial score (nSPS) is 10.9. The third kappa shape index (κ3) is 6.18. The maximum Gasteiger partial charge on any atom is 0.250 e. The second-order valence-electron chi connectivity index (χ2n) is 3.54. The number of unbranched alkanes of at least 4 members (excludes halogenated alkanes) is 1. The fourth-order valence-electron chi connectivity index (χ4n) is 1.43.